The van der Waals surface area contributed by atoms with Crippen molar-refractivity contribution in [2.45, 2.75) is 31.6 Å². The first-order valence-electron chi connectivity index (χ1n) is 9.37. The quantitative estimate of drug-likeness (QED) is 0.774. The minimum atomic E-state index is 0.163. The van der Waals surface area contributed by atoms with Gasteiger partial charge in [-0.2, -0.15) is 0 Å². The summed E-state index contributed by atoms with van der Waals surface area (Å²) in [5, 5.41) is 6.51. The summed E-state index contributed by atoms with van der Waals surface area (Å²) >= 11 is 0. The molecule has 1 amide bonds. The van der Waals surface area contributed by atoms with E-state index in [9.17, 15) is 4.79 Å². The van der Waals surface area contributed by atoms with Crippen molar-refractivity contribution < 1.29 is 4.79 Å². The molecule has 0 saturated carbocycles. The molecule has 1 aliphatic rings. The molecule has 3 rings (SSSR count). The average molecular weight is 336 g/mol. The van der Waals surface area contributed by atoms with Crippen molar-refractivity contribution in [3.8, 4) is 0 Å². The third-order valence-corrected chi connectivity index (χ3v) is 5.06. The van der Waals surface area contributed by atoms with Gasteiger partial charge in [-0.3, -0.25) is 4.79 Å². The van der Waals surface area contributed by atoms with Crippen molar-refractivity contribution in [3.63, 3.8) is 0 Å². The second kappa shape index (κ2) is 9.38. The summed E-state index contributed by atoms with van der Waals surface area (Å²) < 4.78 is 0. The van der Waals surface area contributed by atoms with E-state index in [1.54, 1.807) is 0 Å². The number of benzene rings is 2. The lowest BCUT2D eigenvalue weighted by molar-refractivity contribution is -0.121. The van der Waals surface area contributed by atoms with E-state index in [0.29, 0.717) is 6.42 Å². The molecular formula is C22H28N2O. The Balaban J connectivity index is 1.56. The molecule has 25 heavy (non-hydrogen) atoms. The fourth-order valence-corrected chi connectivity index (χ4v) is 3.60. The van der Waals surface area contributed by atoms with Crippen LogP contribution in [0.3, 0.4) is 0 Å². The Hall–Kier alpha value is -2.13. The third kappa shape index (κ3) is 5.71. The molecule has 1 heterocycles. The summed E-state index contributed by atoms with van der Waals surface area (Å²) in [6.45, 7) is 3.00. The van der Waals surface area contributed by atoms with Crippen LogP contribution in [0.25, 0.3) is 0 Å². The molecule has 0 spiro atoms. The summed E-state index contributed by atoms with van der Waals surface area (Å²) in [4.78, 5) is 12.5. The standard InChI is InChI=1S/C22H28N2O/c25-22(24-14-12-19-11-13-23-17-19)16-21(20-9-5-2-6-10-20)15-18-7-3-1-4-8-18/h1-10,19,21,23H,11-17H2,(H,24,25). The average Bonchev–Trinajstić information content (AvgIpc) is 3.16. The van der Waals surface area contributed by atoms with E-state index in [0.717, 1.165) is 38.4 Å². The van der Waals surface area contributed by atoms with Gasteiger partial charge in [0.15, 0.2) is 0 Å². The third-order valence-electron chi connectivity index (χ3n) is 5.06. The molecule has 2 atom stereocenters. The molecule has 0 radical (unpaired) electrons. The SMILES string of the molecule is O=C(CC(Cc1ccccc1)c1ccccc1)NCCC1CCNC1. The Labute approximate surface area is 150 Å². The number of rotatable bonds is 8. The van der Waals surface area contributed by atoms with Crippen LogP contribution in [0.1, 0.15) is 36.3 Å². The number of amides is 1. The lowest BCUT2D eigenvalue weighted by Gasteiger charge is -2.18. The van der Waals surface area contributed by atoms with Crippen molar-refractivity contribution >= 4 is 5.91 Å². The minimum absolute atomic E-state index is 0.163. The number of carbonyl (C=O) groups excluding carboxylic acids is 1. The molecule has 2 unspecified atom stereocenters. The topological polar surface area (TPSA) is 41.1 Å². The second-order valence-corrected chi connectivity index (χ2v) is 7.00. The van der Waals surface area contributed by atoms with Crippen LogP contribution in [0.15, 0.2) is 60.7 Å². The zero-order valence-electron chi connectivity index (χ0n) is 14.8. The van der Waals surface area contributed by atoms with Gasteiger partial charge >= 0.3 is 0 Å². The van der Waals surface area contributed by atoms with Crippen LogP contribution in [0.5, 0.6) is 0 Å². The van der Waals surface area contributed by atoms with Crippen LogP contribution in [-0.4, -0.2) is 25.5 Å². The first-order valence-corrected chi connectivity index (χ1v) is 9.37. The monoisotopic (exact) mass is 336 g/mol. The number of carbonyl (C=O) groups is 1. The van der Waals surface area contributed by atoms with Gasteiger partial charge in [0.1, 0.15) is 0 Å². The fourth-order valence-electron chi connectivity index (χ4n) is 3.60. The fraction of sp³-hybridized carbons (Fsp3) is 0.409. The van der Waals surface area contributed by atoms with E-state index < -0.39 is 0 Å². The number of hydrogen-bond donors (Lipinski definition) is 2. The van der Waals surface area contributed by atoms with Gasteiger partial charge in [0, 0.05) is 13.0 Å². The van der Waals surface area contributed by atoms with Crippen molar-refractivity contribution in [3.05, 3.63) is 71.8 Å². The Morgan fingerprint density at radius 3 is 2.48 bits per heavy atom. The van der Waals surface area contributed by atoms with Crippen LogP contribution < -0.4 is 10.6 Å². The summed E-state index contributed by atoms with van der Waals surface area (Å²) in [7, 11) is 0. The largest absolute Gasteiger partial charge is 0.356 e. The zero-order chi connectivity index (χ0) is 17.3. The highest BCUT2D eigenvalue weighted by atomic mass is 16.1. The van der Waals surface area contributed by atoms with E-state index >= 15 is 0 Å². The van der Waals surface area contributed by atoms with E-state index in [-0.39, 0.29) is 11.8 Å². The molecule has 1 aliphatic heterocycles. The highest BCUT2D eigenvalue weighted by Gasteiger charge is 2.18. The van der Waals surface area contributed by atoms with E-state index in [1.807, 2.05) is 12.1 Å². The van der Waals surface area contributed by atoms with Gasteiger partial charge in [-0.15, -0.1) is 0 Å². The van der Waals surface area contributed by atoms with Crippen molar-refractivity contribution in [2.75, 3.05) is 19.6 Å². The molecule has 0 aromatic heterocycles. The molecule has 0 aliphatic carbocycles. The molecule has 0 bridgehead atoms. The smallest absolute Gasteiger partial charge is 0.220 e. The maximum atomic E-state index is 12.5. The molecule has 3 heteroatoms. The predicted octanol–water partition coefficient (Wildman–Crippen LogP) is 3.52. The minimum Gasteiger partial charge on any atom is -0.356 e. The van der Waals surface area contributed by atoms with Crippen molar-refractivity contribution in [1.29, 1.82) is 0 Å². The summed E-state index contributed by atoms with van der Waals surface area (Å²) in [6, 6.07) is 20.8. The molecule has 1 fully saturated rings. The molecule has 2 aromatic carbocycles. The normalized spacial score (nSPS) is 18.0. The molecule has 2 N–H and O–H groups in total. The van der Waals surface area contributed by atoms with Gasteiger partial charge in [0.25, 0.3) is 0 Å². The molecule has 1 saturated heterocycles. The summed E-state index contributed by atoms with van der Waals surface area (Å²) in [6.07, 6.45) is 3.75. The lowest BCUT2D eigenvalue weighted by atomic mass is 9.89. The maximum Gasteiger partial charge on any atom is 0.220 e. The second-order valence-electron chi connectivity index (χ2n) is 7.00. The Morgan fingerprint density at radius 1 is 1.08 bits per heavy atom. The number of hydrogen-bond acceptors (Lipinski definition) is 2. The van der Waals surface area contributed by atoms with Gasteiger partial charge in [0.2, 0.25) is 5.91 Å². The van der Waals surface area contributed by atoms with Gasteiger partial charge in [-0.1, -0.05) is 60.7 Å². The zero-order valence-corrected chi connectivity index (χ0v) is 14.8. The molecule has 2 aromatic rings. The lowest BCUT2D eigenvalue weighted by Crippen LogP contribution is -2.28. The van der Waals surface area contributed by atoms with Gasteiger partial charge < -0.3 is 10.6 Å². The highest BCUT2D eigenvalue weighted by molar-refractivity contribution is 5.76. The van der Waals surface area contributed by atoms with Crippen LogP contribution in [0.2, 0.25) is 0 Å². The molecular weight excluding hydrogens is 308 g/mol. The predicted molar refractivity (Wildman–Crippen MR) is 103 cm³/mol. The summed E-state index contributed by atoms with van der Waals surface area (Å²) in [5.41, 5.74) is 2.52. The van der Waals surface area contributed by atoms with Gasteiger partial charge in [-0.25, -0.2) is 0 Å². The first kappa shape index (κ1) is 17.7. The van der Waals surface area contributed by atoms with Crippen LogP contribution >= 0.6 is 0 Å². The maximum absolute atomic E-state index is 12.5. The Kier molecular flexibility index (Phi) is 6.63. The van der Waals surface area contributed by atoms with Crippen molar-refractivity contribution in [2.24, 2.45) is 5.92 Å². The van der Waals surface area contributed by atoms with Crippen LogP contribution in [0, 0.1) is 5.92 Å². The Morgan fingerprint density at radius 2 is 1.80 bits per heavy atom. The summed E-state index contributed by atoms with van der Waals surface area (Å²) in [5.74, 6) is 1.10. The van der Waals surface area contributed by atoms with Crippen LogP contribution in [0.4, 0.5) is 0 Å². The molecule has 132 valence electrons. The van der Waals surface area contributed by atoms with Crippen LogP contribution in [-0.2, 0) is 11.2 Å². The van der Waals surface area contributed by atoms with E-state index in [4.69, 9.17) is 0 Å². The molecule has 3 nitrogen and oxygen atoms in total. The van der Waals surface area contributed by atoms with Crippen molar-refractivity contribution in [1.82, 2.24) is 10.6 Å². The first-order chi connectivity index (χ1) is 12.3. The number of nitrogens with one attached hydrogen (secondary N) is 2. The highest BCUT2D eigenvalue weighted by Crippen LogP contribution is 2.24. The van der Waals surface area contributed by atoms with Gasteiger partial charge in [-0.05, 0) is 55.3 Å². The van der Waals surface area contributed by atoms with E-state index in [2.05, 4.69) is 59.2 Å². The van der Waals surface area contributed by atoms with E-state index in [1.165, 1.54) is 17.5 Å². The van der Waals surface area contributed by atoms with Gasteiger partial charge in [0.05, 0.1) is 0 Å². The Bertz CT molecular complexity index is 636.